The van der Waals surface area contributed by atoms with Gasteiger partial charge in [0.2, 0.25) is 0 Å². The van der Waals surface area contributed by atoms with E-state index in [1.807, 2.05) is 12.1 Å². The third-order valence-corrected chi connectivity index (χ3v) is 1.81. The molecule has 0 amide bonds. The Morgan fingerprint density at radius 1 is 1.50 bits per heavy atom. The van der Waals surface area contributed by atoms with Gasteiger partial charge in [0.05, 0.1) is 5.69 Å². The van der Waals surface area contributed by atoms with Crippen LogP contribution in [0.25, 0.3) is 0 Å². The standard InChI is InChI=1S/C8H9NO/c1-6-3-2-4-8-7(6)5-10-9-8/h2-4,9H,5H2,1H3. The minimum Gasteiger partial charge on any atom is -0.271 e. The molecule has 0 unspecified atom stereocenters. The minimum absolute atomic E-state index is 0.696. The molecule has 1 aromatic rings. The van der Waals surface area contributed by atoms with Crippen LogP contribution in [-0.2, 0) is 11.4 Å². The zero-order valence-corrected chi connectivity index (χ0v) is 5.85. The lowest BCUT2D eigenvalue weighted by Crippen LogP contribution is -1.86. The fourth-order valence-corrected chi connectivity index (χ4v) is 1.18. The normalized spacial score (nSPS) is 14.5. The van der Waals surface area contributed by atoms with Gasteiger partial charge in [-0.25, -0.2) is 0 Å². The van der Waals surface area contributed by atoms with Gasteiger partial charge < -0.3 is 0 Å². The quantitative estimate of drug-likeness (QED) is 0.586. The molecular formula is C8H9NO. The maximum Gasteiger partial charge on any atom is 0.102 e. The van der Waals surface area contributed by atoms with Crippen LogP contribution < -0.4 is 5.48 Å². The van der Waals surface area contributed by atoms with Crippen molar-refractivity contribution in [3.05, 3.63) is 29.3 Å². The highest BCUT2D eigenvalue weighted by Crippen LogP contribution is 2.24. The lowest BCUT2D eigenvalue weighted by molar-refractivity contribution is 0.202. The third-order valence-electron chi connectivity index (χ3n) is 1.81. The highest BCUT2D eigenvalue weighted by molar-refractivity contribution is 5.54. The molecule has 52 valence electrons. The summed E-state index contributed by atoms with van der Waals surface area (Å²) in [5, 5.41) is 0. The molecule has 0 atom stereocenters. The predicted molar refractivity (Wildman–Crippen MR) is 39.6 cm³/mol. The zero-order valence-electron chi connectivity index (χ0n) is 5.85. The molecular weight excluding hydrogens is 126 g/mol. The van der Waals surface area contributed by atoms with E-state index in [-0.39, 0.29) is 0 Å². The van der Waals surface area contributed by atoms with Gasteiger partial charge in [-0.1, -0.05) is 12.1 Å². The van der Waals surface area contributed by atoms with Crippen molar-refractivity contribution in [2.75, 3.05) is 5.48 Å². The summed E-state index contributed by atoms with van der Waals surface area (Å²) in [5.74, 6) is 0. The molecule has 2 heteroatoms. The lowest BCUT2D eigenvalue weighted by atomic mass is 10.1. The molecule has 2 nitrogen and oxygen atoms in total. The number of nitrogens with one attached hydrogen (secondary N) is 1. The predicted octanol–water partition coefficient (Wildman–Crippen LogP) is 1.85. The van der Waals surface area contributed by atoms with Crippen molar-refractivity contribution in [1.29, 1.82) is 0 Å². The molecule has 1 aliphatic heterocycles. The molecule has 0 saturated heterocycles. The maximum absolute atomic E-state index is 5.05. The van der Waals surface area contributed by atoms with Gasteiger partial charge in [-0.3, -0.25) is 10.3 Å². The number of anilines is 1. The highest BCUT2D eigenvalue weighted by atomic mass is 16.6. The average molecular weight is 135 g/mol. The van der Waals surface area contributed by atoms with E-state index in [2.05, 4.69) is 18.5 Å². The molecule has 0 spiro atoms. The van der Waals surface area contributed by atoms with Gasteiger partial charge in [0.1, 0.15) is 6.61 Å². The molecule has 1 aliphatic rings. The van der Waals surface area contributed by atoms with Crippen LogP contribution in [0.3, 0.4) is 0 Å². The van der Waals surface area contributed by atoms with Gasteiger partial charge >= 0.3 is 0 Å². The molecule has 0 aliphatic carbocycles. The number of aryl methyl sites for hydroxylation is 1. The molecule has 0 radical (unpaired) electrons. The first-order chi connectivity index (χ1) is 4.88. The molecule has 1 aromatic carbocycles. The zero-order chi connectivity index (χ0) is 6.97. The van der Waals surface area contributed by atoms with E-state index < -0.39 is 0 Å². The van der Waals surface area contributed by atoms with Crippen LogP contribution in [0.2, 0.25) is 0 Å². The Labute approximate surface area is 59.8 Å². The van der Waals surface area contributed by atoms with Crippen LogP contribution in [-0.4, -0.2) is 0 Å². The third kappa shape index (κ3) is 0.693. The van der Waals surface area contributed by atoms with E-state index in [9.17, 15) is 0 Å². The molecule has 1 heterocycles. The van der Waals surface area contributed by atoms with Gasteiger partial charge in [-0.05, 0) is 18.6 Å². The van der Waals surface area contributed by atoms with Gasteiger partial charge in [0.15, 0.2) is 0 Å². The van der Waals surface area contributed by atoms with Crippen LogP contribution in [0, 0.1) is 6.92 Å². The summed E-state index contributed by atoms with van der Waals surface area (Å²) in [6.45, 7) is 2.79. The molecule has 2 rings (SSSR count). The van der Waals surface area contributed by atoms with Crippen molar-refractivity contribution in [1.82, 2.24) is 0 Å². The van der Waals surface area contributed by atoms with E-state index in [1.165, 1.54) is 11.1 Å². The van der Waals surface area contributed by atoms with Crippen molar-refractivity contribution in [2.24, 2.45) is 0 Å². The minimum atomic E-state index is 0.696. The first-order valence-electron chi connectivity index (χ1n) is 3.34. The Balaban J connectivity index is 2.59. The van der Waals surface area contributed by atoms with Crippen LogP contribution in [0.15, 0.2) is 18.2 Å². The van der Waals surface area contributed by atoms with Gasteiger partial charge in [0, 0.05) is 5.56 Å². The Kier molecular flexibility index (Phi) is 1.14. The topological polar surface area (TPSA) is 21.3 Å². The second-order valence-electron chi connectivity index (χ2n) is 2.49. The molecule has 10 heavy (non-hydrogen) atoms. The fourth-order valence-electron chi connectivity index (χ4n) is 1.18. The molecule has 0 fully saturated rings. The Morgan fingerprint density at radius 3 is 3.20 bits per heavy atom. The highest BCUT2D eigenvalue weighted by Gasteiger charge is 2.10. The van der Waals surface area contributed by atoms with E-state index in [0.29, 0.717) is 6.61 Å². The van der Waals surface area contributed by atoms with E-state index >= 15 is 0 Å². The van der Waals surface area contributed by atoms with E-state index in [1.54, 1.807) is 0 Å². The van der Waals surface area contributed by atoms with Crippen molar-refractivity contribution in [2.45, 2.75) is 13.5 Å². The SMILES string of the molecule is Cc1cccc2c1CON2. The summed E-state index contributed by atoms with van der Waals surface area (Å²) in [7, 11) is 0. The summed E-state index contributed by atoms with van der Waals surface area (Å²) in [4.78, 5) is 5.05. The van der Waals surface area contributed by atoms with E-state index in [0.717, 1.165) is 5.69 Å². The number of rotatable bonds is 0. The van der Waals surface area contributed by atoms with Crippen LogP contribution in [0.5, 0.6) is 0 Å². The Morgan fingerprint density at radius 2 is 2.40 bits per heavy atom. The number of hydrogen-bond donors (Lipinski definition) is 1. The Bertz CT molecular complexity index is 257. The molecule has 1 N–H and O–H groups in total. The van der Waals surface area contributed by atoms with Crippen molar-refractivity contribution in [3.8, 4) is 0 Å². The van der Waals surface area contributed by atoms with Gasteiger partial charge in [0.25, 0.3) is 0 Å². The average Bonchev–Trinajstić information content (AvgIpc) is 2.36. The van der Waals surface area contributed by atoms with Crippen LogP contribution in [0.1, 0.15) is 11.1 Å². The second-order valence-corrected chi connectivity index (χ2v) is 2.49. The summed E-state index contributed by atoms with van der Waals surface area (Å²) in [6, 6.07) is 6.14. The molecule has 0 bridgehead atoms. The smallest absolute Gasteiger partial charge is 0.102 e. The number of benzene rings is 1. The van der Waals surface area contributed by atoms with E-state index in [4.69, 9.17) is 4.84 Å². The summed E-state index contributed by atoms with van der Waals surface area (Å²) in [5.41, 5.74) is 6.53. The molecule has 0 saturated carbocycles. The maximum atomic E-state index is 5.05. The first-order valence-corrected chi connectivity index (χ1v) is 3.34. The summed E-state index contributed by atoms with van der Waals surface area (Å²) in [6.07, 6.45) is 0. The van der Waals surface area contributed by atoms with Gasteiger partial charge in [-0.2, -0.15) is 0 Å². The van der Waals surface area contributed by atoms with Crippen molar-refractivity contribution >= 4 is 5.69 Å². The monoisotopic (exact) mass is 135 g/mol. The number of hydrogen-bond acceptors (Lipinski definition) is 2. The van der Waals surface area contributed by atoms with Crippen LogP contribution >= 0.6 is 0 Å². The molecule has 0 aromatic heterocycles. The fraction of sp³-hybridized carbons (Fsp3) is 0.250. The summed E-state index contributed by atoms with van der Waals surface area (Å²) >= 11 is 0. The Hall–Kier alpha value is -1.02. The van der Waals surface area contributed by atoms with Crippen LogP contribution in [0.4, 0.5) is 5.69 Å². The number of fused-ring (bicyclic) bond motifs is 1. The summed E-state index contributed by atoms with van der Waals surface area (Å²) < 4.78 is 0. The first kappa shape index (κ1) is 5.74. The second kappa shape index (κ2) is 1.99. The lowest BCUT2D eigenvalue weighted by Gasteiger charge is -1.97. The largest absolute Gasteiger partial charge is 0.271 e. The van der Waals surface area contributed by atoms with Crippen molar-refractivity contribution < 1.29 is 4.84 Å². The van der Waals surface area contributed by atoms with Crippen molar-refractivity contribution in [3.63, 3.8) is 0 Å². The van der Waals surface area contributed by atoms with Gasteiger partial charge in [-0.15, -0.1) is 0 Å².